The molecule has 1 aliphatic rings. The maximum Gasteiger partial charge on any atom is 0.270 e. The Kier molecular flexibility index (Phi) is 5.99. The smallest absolute Gasteiger partial charge is 0.270 e. The number of thiocarbonyl (C=S) groups is 1. The first-order chi connectivity index (χ1) is 12.0. The fraction of sp³-hybridized carbons (Fsp3) is 0.111. The van der Waals surface area contributed by atoms with Crippen LogP contribution in [0.2, 0.25) is 0 Å². The van der Waals surface area contributed by atoms with E-state index in [2.05, 4.69) is 31.9 Å². The van der Waals surface area contributed by atoms with Gasteiger partial charge < -0.3 is 4.74 Å². The zero-order valence-electron chi connectivity index (χ0n) is 13.2. The highest BCUT2D eigenvalue weighted by molar-refractivity contribution is 9.10. The summed E-state index contributed by atoms with van der Waals surface area (Å²) >= 11 is 13.6. The van der Waals surface area contributed by atoms with Crippen LogP contribution in [0.1, 0.15) is 12.5 Å². The summed E-state index contributed by atoms with van der Waals surface area (Å²) < 4.78 is 8.04. The summed E-state index contributed by atoms with van der Waals surface area (Å²) in [6.45, 7) is 2.49. The summed E-state index contributed by atoms with van der Waals surface area (Å²) in [5, 5.41) is 0. The van der Waals surface area contributed by atoms with Crippen LogP contribution < -0.4 is 9.64 Å². The molecular formula is C18H13Br2NO2S2. The molecule has 1 saturated heterocycles. The van der Waals surface area contributed by atoms with Crippen molar-refractivity contribution >= 4 is 77.8 Å². The van der Waals surface area contributed by atoms with Crippen molar-refractivity contribution in [3.05, 3.63) is 61.9 Å². The van der Waals surface area contributed by atoms with Crippen LogP contribution in [0, 0.1) is 0 Å². The summed E-state index contributed by atoms with van der Waals surface area (Å²) in [5.41, 5.74) is 1.60. The van der Waals surface area contributed by atoms with E-state index in [1.807, 2.05) is 55.5 Å². The summed E-state index contributed by atoms with van der Waals surface area (Å²) in [5.74, 6) is 0.611. The second kappa shape index (κ2) is 8.03. The van der Waals surface area contributed by atoms with Crippen molar-refractivity contribution < 1.29 is 9.53 Å². The number of thioether (sulfide) groups is 1. The van der Waals surface area contributed by atoms with Gasteiger partial charge in [0.25, 0.3) is 5.91 Å². The lowest BCUT2D eigenvalue weighted by atomic mass is 10.2. The van der Waals surface area contributed by atoms with E-state index in [1.54, 1.807) is 4.90 Å². The molecule has 2 aromatic rings. The highest BCUT2D eigenvalue weighted by atomic mass is 79.9. The van der Waals surface area contributed by atoms with Crippen molar-refractivity contribution in [2.45, 2.75) is 6.92 Å². The molecule has 3 rings (SSSR count). The normalized spacial score (nSPS) is 16.0. The number of carbonyl (C=O) groups is 1. The molecule has 1 amide bonds. The van der Waals surface area contributed by atoms with Crippen LogP contribution in [0.25, 0.3) is 6.08 Å². The summed E-state index contributed by atoms with van der Waals surface area (Å²) in [4.78, 5) is 15.0. The van der Waals surface area contributed by atoms with Gasteiger partial charge in [-0.05, 0) is 55.5 Å². The maximum absolute atomic E-state index is 12.8. The first-order valence-electron chi connectivity index (χ1n) is 7.45. The minimum Gasteiger partial charge on any atom is -0.493 e. The molecule has 3 nitrogen and oxygen atoms in total. The van der Waals surface area contributed by atoms with Gasteiger partial charge in [0.2, 0.25) is 0 Å². The number of anilines is 1. The average molecular weight is 499 g/mol. The Bertz CT molecular complexity index is 866. The van der Waals surface area contributed by atoms with Crippen LogP contribution in [-0.2, 0) is 4.79 Å². The molecule has 128 valence electrons. The summed E-state index contributed by atoms with van der Waals surface area (Å²) in [6, 6.07) is 13.2. The standard InChI is InChI=1S/C18H13Br2NO2S2/c1-2-23-15-8-5-13(20)9-11(15)10-16-17(22)21(18(24)25-16)14-6-3-12(19)4-7-14/h3-10H,2H2,1H3/b16-10+. The molecular weight excluding hydrogens is 486 g/mol. The molecule has 2 aromatic carbocycles. The van der Waals surface area contributed by atoms with Crippen molar-refractivity contribution in [2.24, 2.45) is 0 Å². The van der Waals surface area contributed by atoms with Gasteiger partial charge in [0.05, 0.1) is 17.2 Å². The molecule has 1 aliphatic heterocycles. The number of carbonyl (C=O) groups excluding carboxylic acids is 1. The Balaban J connectivity index is 1.96. The number of ether oxygens (including phenoxy) is 1. The van der Waals surface area contributed by atoms with E-state index >= 15 is 0 Å². The van der Waals surface area contributed by atoms with Crippen LogP contribution in [0.3, 0.4) is 0 Å². The van der Waals surface area contributed by atoms with Crippen molar-refractivity contribution in [3.8, 4) is 5.75 Å². The number of amides is 1. The molecule has 0 bridgehead atoms. The van der Waals surface area contributed by atoms with Crippen molar-refractivity contribution in [1.29, 1.82) is 0 Å². The third kappa shape index (κ3) is 4.16. The third-order valence-electron chi connectivity index (χ3n) is 3.44. The number of nitrogens with zero attached hydrogens (tertiary/aromatic N) is 1. The van der Waals surface area contributed by atoms with E-state index in [4.69, 9.17) is 17.0 Å². The zero-order chi connectivity index (χ0) is 18.0. The molecule has 0 atom stereocenters. The van der Waals surface area contributed by atoms with Gasteiger partial charge in [-0.25, -0.2) is 0 Å². The molecule has 0 aliphatic carbocycles. The molecule has 0 spiro atoms. The van der Waals surface area contributed by atoms with Gasteiger partial charge >= 0.3 is 0 Å². The van der Waals surface area contributed by atoms with Gasteiger partial charge in [-0.15, -0.1) is 0 Å². The monoisotopic (exact) mass is 497 g/mol. The van der Waals surface area contributed by atoms with Gasteiger partial charge in [0.15, 0.2) is 4.32 Å². The minimum atomic E-state index is -0.125. The molecule has 25 heavy (non-hydrogen) atoms. The van der Waals surface area contributed by atoms with Gasteiger partial charge in [0.1, 0.15) is 5.75 Å². The summed E-state index contributed by atoms with van der Waals surface area (Å²) in [7, 11) is 0. The summed E-state index contributed by atoms with van der Waals surface area (Å²) in [6.07, 6.45) is 1.83. The molecule has 1 fully saturated rings. The quantitative estimate of drug-likeness (QED) is 0.381. The van der Waals surface area contributed by atoms with Crippen LogP contribution in [0.4, 0.5) is 5.69 Å². The van der Waals surface area contributed by atoms with Crippen molar-refractivity contribution in [1.82, 2.24) is 0 Å². The molecule has 0 N–H and O–H groups in total. The first kappa shape index (κ1) is 18.6. The van der Waals surface area contributed by atoms with E-state index in [9.17, 15) is 4.79 Å². The predicted molar refractivity (Wildman–Crippen MR) is 115 cm³/mol. The second-order valence-electron chi connectivity index (χ2n) is 5.11. The van der Waals surface area contributed by atoms with E-state index in [1.165, 1.54) is 11.8 Å². The molecule has 0 unspecified atom stereocenters. The van der Waals surface area contributed by atoms with Crippen molar-refractivity contribution in [3.63, 3.8) is 0 Å². The molecule has 0 radical (unpaired) electrons. The third-order valence-corrected chi connectivity index (χ3v) is 5.76. The van der Waals surface area contributed by atoms with Crippen LogP contribution >= 0.6 is 55.8 Å². The number of rotatable bonds is 4. The predicted octanol–water partition coefficient (Wildman–Crippen LogP) is 6.02. The highest BCUT2D eigenvalue weighted by Gasteiger charge is 2.33. The Hall–Kier alpha value is -1.15. The number of halogens is 2. The van der Waals surface area contributed by atoms with Gasteiger partial charge in [-0.3, -0.25) is 9.69 Å². The molecule has 7 heteroatoms. The van der Waals surface area contributed by atoms with Crippen LogP contribution in [-0.4, -0.2) is 16.8 Å². The Morgan fingerprint density at radius 3 is 2.52 bits per heavy atom. The topological polar surface area (TPSA) is 29.5 Å². The molecule has 0 aromatic heterocycles. The lowest BCUT2D eigenvalue weighted by Crippen LogP contribution is -2.27. The van der Waals surface area contributed by atoms with Crippen molar-refractivity contribution in [2.75, 3.05) is 11.5 Å². The Labute approximate surface area is 172 Å². The number of hydrogen-bond donors (Lipinski definition) is 0. The SMILES string of the molecule is CCOc1ccc(Br)cc1/C=C1/SC(=S)N(c2ccc(Br)cc2)C1=O. The lowest BCUT2D eigenvalue weighted by molar-refractivity contribution is -0.113. The largest absolute Gasteiger partial charge is 0.493 e. The maximum atomic E-state index is 12.8. The van der Waals surface area contributed by atoms with Gasteiger partial charge in [-0.1, -0.05) is 55.8 Å². The fourth-order valence-corrected chi connectivity index (χ4v) is 4.27. The second-order valence-corrected chi connectivity index (χ2v) is 8.62. The molecule has 0 saturated carbocycles. The first-order valence-corrected chi connectivity index (χ1v) is 10.3. The van der Waals surface area contributed by atoms with E-state index < -0.39 is 0 Å². The highest BCUT2D eigenvalue weighted by Crippen LogP contribution is 2.37. The Morgan fingerprint density at radius 2 is 1.84 bits per heavy atom. The van der Waals surface area contributed by atoms with Crippen LogP contribution in [0.15, 0.2) is 56.3 Å². The number of hydrogen-bond acceptors (Lipinski definition) is 4. The zero-order valence-corrected chi connectivity index (χ0v) is 18.0. The van der Waals surface area contributed by atoms with Crippen LogP contribution in [0.5, 0.6) is 5.75 Å². The van der Waals surface area contributed by atoms with E-state index in [-0.39, 0.29) is 5.91 Å². The Morgan fingerprint density at radius 1 is 1.16 bits per heavy atom. The lowest BCUT2D eigenvalue weighted by Gasteiger charge is -2.14. The van der Waals surface area contributed by atoms with Gasteiger partial charge in [-0.2, -0.15) is 0 Å². The number of benzene rings is 2. The van der Waals surface area contributed by atoms with Gasteiger partial charge in [0, 0.05) is 14.5 Å². The van der Waals surface area contributed by atoms with E-state index in [0.717, 1.165) is 25.9 Å². The molecule has 1 heterocycles. The minimum absolute atomic E-state index is 0.125. The van der Waals surface area contributed by atoms with E-state index in [0.29, 0.717) is 15.8 Å². The average Bonchev–Trinajstić information content (AvgIpc) is 2.85. The fourth-order valence-electron chi connectivity index (χ4n) is 2.34.